The number of aromatic nitrogens is 3. The van der Waals surface area contributed by atoms with E-state index >= 15 is 0 Å². The maximum absolute atomic E-state index is 10.0. The fourth-order valence-corrected chi connectivity index (χ4v) is 2.46. The summed E-state index contributed by atoms with van der Waals surface area (Å²) in [6.07, 6.45) is -3.97. The van der Waals surface area contributed by atoms with Gasteiger partial charge in [0, 0.05) is 0 Å². The van der Waals surface area contributed by atoms with Gasteiger partial charge in [0.1, 0.15) is 23.8 Å². The van der Waals surface area contributed by atoms with Crippen molar-refractivity contribution in [1.29, 1.82) is 0 Å². The lowest BCUT2D eigenvalue weighted by Crippen LogP contribution is -2.33. The molecule has 3 N–H and O–H groups in total. The second-order valence-corrected chi connectivity index (χ2v) is 5.19. The second-order valence-electron chi connectivity index (χ2n) is 5.19. The quantitative estimate of drug-likeness (QED) is 0.695. The minimum atomic E-state index is -1.15. The molecule has 4 atom stereocenters. The van der Waals surface area contributed by atoms with Gasteiger partial charge in [-0.3, -0.25) is 0 Å². The molecule has 0 aliphatic carbocycles. The fourth-order valence-electron chi connectivity index (χ4n) is 2.46. The van der Waals surface area contributed by atoms with Gasteiger partial charge >= 0.3 is 0 Å². The van der Waals surface area contributed by atoms with E-state index in [-0.39, 0.29) is 6.61 Å². The maximum Gasteiger partial charge on any atom is 0.181 e. The molecule has 0 bridgehead atoms. The van der Waals surface area contributed by atoms with Crippen LogP contribution in [0.25, 0.3) is 11.0 Å². The number of aliphatic hydroxyl groups excluding tert-OH is 3. The molecule has 2 aromatic rings. The van der Waals surface area contributed by atoms with Gasteiger partial charge in [-0.25, -0.2) is 4.68 Å². The lowest BCUT2D eigenvalue weighted by molar-refractivity contribution is -0.0572. The van der Waals surface area contributed by atoms with Crippen molar-refractivity contribution in [1.82, 2.24) is 15.0 Å². The zero-order valence-electron chi connectivity index (χ0n) is 11.3. The van der Waals surface area contributed by atoms with E-state index in [1.807, 2.05) is 26.0 Å². The standard InChI is InChI=1S/C13H17N3O4/c1-6-3-8-9(4-7(6)2)16(15-14-8)13-12(19)11(18)10(5-17)20-13/h3-4,10-13,17-19H,5H2,1-2H3/t10-,11+,12-,13-/m0/s1. The largest absolute Gasteiger partial charge is 0.394 e. The third-order valence-corrected chi connectivity index (χ3v) is 3.84. The van der Waals surface area contributed by atoms with Crippen LogP contribution in [-0.4, -0.2) is 55.2 Å². The minimum absolute atomic E-state index is 0.362. The topological polar surface area (TPSA) is 101 Å². The molecule has 1 aliphatic heterocycles. The van der Waals surface area contributed by atoms with Gasteiger partial charge in [-0.05, 0) is 37.1 Å². The minimum Gasteiger partial charge on any atom is -0.394 e. The van der Waals surface area contributed by atoms with Crippen molar-refractivity contribution in [2.24, 2.45) is 0 Å². The molecule has 1 aromatic carbocycles. The molecule has 7 heteroatoms. The van der Waals surface area contributed by atoms with Gasteiger partial charge in [-0.1, -0.05) is 5.21 Å². The van der Waals surface area contributed by atoms with Gasteiger partial charge in [0.25, 0.3) is 0 Å². The molecule has 0 unspecified atom stereocenters. The summed E-state index contributed by atoms with van der Waals surface area (Å²) in [6.45, 7) is 3.60. The Morgan fingerprint density at radius 2 is 1.90 bits per heavy atom. The van der Waals surface area contributed by atoms with Crippen LogP contribution < -0.4 is 0 Å². The predicted molar refractivity (Wildman–Crippen MR) is 70.0 cm³/mol. The maximum atomic E-state index is 10.0. The molecule has 0 saturated carbocycles. The highest BCUT2D eigenvalue weighted by atomic mass is 16.6. The molecule has 1 aromatic heterocycles. The van der Waals surface area contributed by atoms with Crippen LogP contribution in [0.2, 0.25) is 0 Å². The Labute approximate surface area is 115 Å². The van der Waals surface area contributed by atoms with E-state index < -0.39 is 24.5 Å². The van der Waals surface area contributed by atoms with Crippen molar-refractivity contribution in [3.8, 4) is 0 Å². The van der Waals surface area contributed by atoms with E-state index in [1.165, 1.54) is 4.68 Å². The third kappa shape index (κ3) is 1.90. The average Bonchev–Trinajstić information content (AvgIpc) is 2.94. The van der Waals surface area contributed by atoms with Crippen LogP contribution in [0.4, 0.5) is 0 Å². The Morgan fingerprint density at radius 1 is 1.20 bits per heavy atom. The summed E-state index contributed by atoms with van der Waals surface area (Å²) in [7, 11) is 0. The van der Waals surface area contributed by atoms with Crippen molar-refractivity contribution < 1.29 is 20.1 Å². The van der Waals surface area contributed by atoms with Crippen molar-refractivity contribution in [3.63, 3.8) is 0 Å². The van der Waals surface area contributed by atoms with E-state index in [0.29, 0.717) is 5.52 Å². The summed E-state index contributed by atoms with van der Waals surface area (Å²) >= 11 is 0. The monoisotopic (exact) mass is 279 g/mol. The predicted octanol–water partition coefficient (Wildman–Crippen LogP) is -0.340. The first-order valence-electron chi connectivity index (χ1n) is 6.47. The number of hydrogen-bond acceptors (Lipinski definition) is 6. The molecule has 108 valence electrons. The lowest BCUT2D eigenvalue weighted by atomic mass is 10.1. The van der Waals surface area contributed by atoms with Crippen LogP contribution in [0.3, 0.4) is 0 Å². The molecular formula is C13H17N3O4. The molecule has 20 heavy (non-hydrogen) atoms. The molecular weight excluding hydrogens is 262 g/mol. The van der Waals surface area contributed by atoms with E-state index in [0.717, 1.165) is 16.6 Å². The number of aryl methyl sites for hydroxylation is 2. The van der Waals surface area contributed by atoms with Crippen molar-refractivity contribution >= 4 is 11.0 Å². The van der Waals surface area contributed by atoms with Gasteiger partial charge in [-0.2, -0.15) is 0 Å². The Balaban J connectivity index is 2.05. The van der Waals surface area contributed by atoms with Crippen molar-refractivity contribution in [2.45, 2.75) is 38.4 Å². The Hall–Kier alpha value is -1.54. The number of benzene rings is 1. The zero-order chi connectivity index (χ0) is 14.4. The first-order valence-corrected chi connectivity index (χ1v) is 6.47. The van der Waals surface area contributed by atoms with Crippen LogP contribution in [-0.2, 0) is 4.74 Å². The summed E-state index contributed by atoms with van der Waals surface area (Å²) in [5.74, 6) is 0. The van der Waals surface area contributed by atoms with E-state index in [2.05, 4.69) is 10.3 Å². The lowest BCUT2D eigenvalue weighted by Gasteiger charge is -2.15. The molecule has 1 saturated heterocycles. The number of aliphatic hydroxyl groups is 3. The molecule has 7 nitrogen and oxygen atoms in total. The first kappa shape index (κ1) is 13.4. The van der Waals surface area contributed by atoms with Gasteiger partial charge in [0.2, 0.25) is 0 Å². The molecule has 2 heterocycles. The van der Waals surface area contributed by atoms with Gasteiger partial charge in [-0.15, -0.1) is 5.10 Å². The summed E-state index contributed by atoms with van der Waals surface area (Å²) < 4.78 is 6.92. The van der Waals surface area contributed by atoms with Gasteiger partial charge in [0.15, 0.2) is 6.23 Å². The normalized spacial score (nSPS) is 30.2. The van der Waals surface area contributed by atoms with Crippen LogP contribution >= 0.6 is 0 Å². The van der Waals surface area contributed by atoms with Crippen LogP contribution in [0, 0.1) is 13.8 Å². The Morgan fingerprint density at radius 3 is 2.55 bits per heavy atom. The highest BCUT2D eigenvalue weighted by molar-refractivity contribution is 5.76. The zero-order valence-corrected chi connectivity index (χ0v) is 11.3. The number of nitrogens with zero attached hydrogens (tertiary/aromatic N) is 3. The molecule has 0 radical (unpaired) electrons. The highest BCUT2D eigenvalue weighted by Crippen LogP contribution is 2.31. The smallest absolute Gasteiger partial charge is 0.181 e. The summed E-state index contributed by atoms with van der Waals surface area (Å²) in [6, 6.07) is 3.83. The highest BCUT2D eigenvalue weighted by Gasteiger charge is 2.44. The Kier molecular flexibility index (Phi) is 3.21. The van der Waals surface area contributed by atoms with E-state index in [4.69, 9.17) is 9.84 Å². The number of fused-ring (bicyclic) bond motifs is 1. The van der Waals surface area contributed by atoms with Crippen LogP contribution in [0.5, 0.6) is 0 Å². The van der Waals surface area contributed by atoms with Crippen molar-refractivity contribution in [2.75, 3.05) is 6.61 Å². The first-order chi connectivity index (χ1) is 9.52. The third-order valence-electron chi connectivity index (χ3n) is 3.84. The molecule has 1 aliphatic rings. The van der Waals surface area contributed by atoms with E-state index in [9.17, 15) is 10.2 Å². The van der Waals surface area contributed by atoms with Crippen molar-refractivity contribution in [3.05, 3.63) is 23.3 Å². The molecule has 0 amide bonds. The molecule has 3 rings (SSSR count). The average molecular weight is 279 g/mol. The summed E-state index contributed by atoms with van der Waals surface area (Å²) in [5, 5.41) is 37.0. The number of rotatable bonds is 2. The van der Waals surface area contributed by atoms with Gasteiger partial charge < -0.3 is 20.1 Å². The number of ether oxygens (including phenoxy) is 1. The second kappa shape index (κ2) is 4.78. The van der Waals surface area contributed by atoms with Crippen LogP contribution in [0.15, 0.2) is 12.1 Å². The fraction of sp³-hybridized carbons (Fsp3) is 0.538. The SMILES string of the molecule is Cc1cc2nnn([C@H]3O[C@@H](CO)[C@@H](O)[C@@H]3O)c2cc1C. The number of hydrogen-bond donors (Lipinski definition) is 3. The van der Waals surface area contributed by atoms with E-state index in [1.54, 1.807) is 0 Å². The van der Waals surface area contributed by atoms with Crippen LogP contribution in [0.1, 0.15) is 17.4 Å². The van der Waals surface area contributed by atoms with Gasteiger partial charge in [0.05, 0.1) is 12.1 Å². The molecule has 0 spiro atoms. The Bertz CT molecular complexity index is 642. The summed E-state index contributed by atoms with van der Waals surface area (Å²) in [5.41, 5.74) is 3.60. The summed E-state index contributed by atoms with van der Waals surface area (Å²) in [4.78, 5) is 0. The molecule has 1 fully saturated rings.